The van der Waals surface area contributed by atoms with Crippen molar-refractivity contribution in [3.63, 3.8) is 0 Å². The Bertz CT molecular complexity index is 522. The molecule has 2 rings (SSSR count). The molecule has 0 fully saturated rings. The SMILES string of the molecule is CCc1noc(CN(CC)Cc2cccc(C)c2)n1. The summed E-state index contributed by atoms with van der Waals surface area (Å²) < 4.78 is 5.25. The Hall–Kier alpha value is -1.68. The quantitative estimate of drug-likeness (QED) is 0.800. The van der Waals surface area contributed by atoms with Gasteiger partial charge in [0.2, 0.25) is 5.89 Å². The van der Waals surface area contributed by atoms with Crippen LogP contribution in [0.2, 0.25) is 0 Å². The molecule has 0 radical (unpaired) electrons. The molecular formula is C15H21N3O. The molecule has 2 aromatic rings. The summed E-state index contributed by atoms with van der Waals surface area (Å²) in [6.45, 7) is 8.86. The van der Waals surface area contributed by atoms with Crippen molar-refractivity contribution in [2.75, 3.05) is 6.54 Å². The van der Waals surface area contributed by atoms with E-state index in [0.29, 0.717) is 12.4 Å². The fraction of sp³-hybridized carbons (Fsp3) is 0.467. The normalized spacial score (nSPS) is 11.2. The second-order valence-electron chi connectivity index (χ2n) is 4.75. The third-order valence-corrected chi connectivity index (χ3v) is 3.12. The Morgan fingerprint density at radius 2 is 2.05 bits per heavy atom. The highest BCUT2D eigenvalue weighted by molar-refractivity contribution is 5.22. The van der Waals surface area contributed by atoms with Crippen LogP contribution in [0.5, 0.6) is 0 Å². The van der Waals surface area contributed by atoms with E-state index < -0.39 is 0 Å². The van der Waals surface area contributed by atoms with Crippen molar-refractivity contribution in [1.82, 2.24) is 15.0 Å². The van der Waals surface area contributed by atoms with Crippen LogP contribution in [0.1, 0.15) is 36.7 Å². The minimum absolute atomic E-state index is 0.700. The molecule has 1 aromatic carbocycles. The van der Waals surface area contributed by atoms with Gasteiger partial charge in [-0.15, -0.1) is 0 Å². The maximum absolute atomic E-state index is 5.25. The summed E-state index contributed by atoms with van der Waals surface area (Å²) in [5.41, 5.74) is 2.61. The zero-order valence-corrected chi connectivity index (χ0v) is 11.9. The third kappa shape index (κ3) is 3.89. The van der Waals surface area contributed by atoms with Gasteiger partial charge in [-0.1, -0.05) is 48.8 Å². The highest BCUT2D eigenvalue weighted by Crippen LogP contribution is 2.10. The molecule has 0 aliphatic rings. The van der Waals surface area contributed by atoms with E-state index in [1.165, 1.54) is 11.1 Å². The van der Waals surface area contributed by atoms with Crippen LogP contribution in [0.25, 0.3) is 0 Å². The fourth-order valence-electron chi connectivity index (χ4n) is 2.04. The van der Waals surface area contributed by atoms with Gasteiger partial charge in [0.05, 0.1) is 6.54 Å². The molecule has 19 heavy (non-hydrogen) atoms. The molecule has 102 valence electrons. The van der Waals surface area contributed by atoms with Crippen LogP contribution in [-0.4, -0.2) is 21.6 Å². The molecule has 0 spiro atoms. The molecule has 1 heterocycles. The van der Waals surface area contributed by atoms with Crippen LogP contribution in [-0.2, 0) is 19.5 Å². The lowest BCUT2D eigenvalue weighted by atomic mass is 10.1. The molecule has 0 amide bonds. The number of aryl methyl sites for hydroxylation is 2. The van der Waals surface area contributed by atoms with E-state index in [2.05, 4.69) is 53.2 Å². The number of benzene rings is 1. The van der Waals surface area contributed by atoms with Crippen molar-refractivity contribution in [2.45, 2.75) is 40.3 Å². The van der Waals surface area contributed by atoms with Gasteiger partial charge in [-0.25, -0.2) is 0 Å². The summed E-state index contributed by atoms with van der Waals surface area (Å²) in [6.07, 6.45) is 0.813. The number of hydrogen-bond acceptors (Lipinski definition) is 4. The molecule has 0 N–H and O–H groups in total. The lowest BCUT2D eigenvalue weighted by Gasteiger charge is -2.18. The molecule has 0 saturated carbocycles. The van der Waals surface area contributed by atoms with Crippen molar-refractivity contribution < 1.29 is 4.52 Å². The van der Waals surface area contributed by atoms with Crippen LogP contribution in [0, 0.1) is 6.92 Å². The van der Waals surface area contributed by atoms with Crippen LogP contribution in [0.3, 0.4) is 0 Å². The lowest BCUT2D eigenvalue weighted by molar-refractivity contribution is 0.228. The Labute approximate surface area is 114 Å². The van der Waals surface area contributed by atoms with Gasteiger partial charge < -0.3 is 4.52 Å². The van der Waals surface area contributed by atoms with E-state index in [4.69, 9.17) is 4.52 Å². The van der Waals surface area contributed by atoms with Crippen LogP contribution < -0.4 is 0 Å². The van der Waals surface area contributed by atoms with E-state index in [0.717, 1.165) is 25.3 Å². The molecular weight excluding hydrogens is 238 g/mol. The minimum atomic E-state index is 0.700. The first-order chi connectivity index (χ1) is 9.21. The van der Waals surface area contributed by atoms with E-state index >= 15 is 0 Å². The molecule has 4 heteroatoms. The summed E-state index contributed by atoms with van der Waals surface area (Å²) in [5, 5.41) is 3.93. The van der Waals surface area contributed by atoms with Gasteiger partial charge in [-0.05, 0) is 19.0 Å². The maximum atomic E-state index is 5.25. The standard InChI is InChI=1S/C15H21N3O/c1-4-14-16-15(19-17-14)11-18(5-2)10-13-8-6-7-12(3)9-13/h6-9H,4-5,10-11H2,1-3H3. The first kappa shape index (κ1) is 13.7. The predicted octanol–water partition coefficient (Wildman–Crippen LogP) is 2.96. The van der Waals surface area contributed by atoms with E-state index in [-0.39, 0.29) is 0 Å². The van der Waals surface area contributed by atoms with Crippen LogP contribution in [0.15, 0.2) is 28.8 Å². The summed E-state index contributed by atoms with van der Waals surface area (Å²) in [4.78, 5) is 6.65. The fourth-order valence-corrected chi connectivity index (χ4v) is 2.04. The van der Waals surface area contributed by atoms with Crippen molar-refractivity contribution in [3.05, 3.63) is 47.1 Å². The van der Waals surface area contributed by atoms with Gasteiger partial charge in [0.25, 0.3) is 0 Å². The van der Waals surface area contributed by atoms with Gasteiger partial charge in [-0.3, -0.25) is 4.90 Å². The Balaban J connectivity index is 2.00. The van der Waals surface area contributed by atoms with Crippen LogP contribution >= 0.6 is 0 Å². The van der Waals surface area contributed by atoms with Gasteiger partial charge in [0.15, 0.2) is 5.82 Å². The lowest BCUT2D eigenvalue weighted by Crippen LogP contribution is -2.22. The summed E-state index contributed by atoms with van der Waals surface area (Å²) in [5.74, 6) is 1.48. The van der Waals surface area contributed by atoms with Crippen molar-refractivity contribution in [2.24, 2.45) is 0 Å². The second-order valence-corrected chi connectivity index (χ2v) is 4.75. The largest absolute Gasteiger partial charge is 0.338 e. The van der Waals surface area contributed by atoms with Crippen molar-refractivity contribution in [1.29, 1.82) is 0 Å². The molecule has 0 aliphatic carbocycles. The Morgan fingerprint density at radius 1 is 1.21 bits per heavy atom. The zero-order chi connectivity index (χ0) is 13.7. The average molecular weight is 259 g/mol. The number of nitrogens with zero attached hydrogens (tertiary/aromatic N) is 3. The van der Waals surface area contributed by atoms with Gasteiger partial charge in [0, 0.05) is 13.0 Å². The van der Waals surface area contributed by atoms with Crippen molar-refractivity contribution >= 4 is 0 Å². The Kier molecular flexibility index (Phi) is 4.68. The molecule has 0 unspecified atom stereocenters. The Morgan fingerprint density at radius 3 is 2.68 bits per heavy atom. The van der Waals surface area contributed by atoms with Gasteiger partial charge in [0.1, 0.15) is 0 Å². The number of hydrogen-bond donors (Lipinski definition) is 0. The monoisotopic (exact) mass is 259 g/mol. The summed E-state index contributed by atoms with van der Waals surface area (Å²) in [7, 11) is 0. The average Bonchev–Trinajstić information content (AvgIpc) is 2.85. The molecule has 0 aliphatic heterocycles. The van der Waals surface area contributed by atoms with E-state index in [1.54, 1.807) is 0 Å². The zero-order valence-electron chi connectivity index (χ0n) is 11.9. The minimum Gasteiger partial charge on any atom is -0.338 e. The topological polar surface area (TPSA) is 42.2 Å². The smallest absolute Gasteiger partial charge is 0.240 e. The van der Waals surface area contributed by atoms with Gasteiger partial charge in [-0.2, -0.15) is 4.98 Å². The molecule has 0 saturated heterocycles. The summed E-state index contributed by atoms with van der Waals surface area (Å²) >= 11 is 0. The number of aromatic nitrogens is 2. The second kappa shape index (κ2) is 6.48. The molecule has 4 nitrogen and oxygen atoms in total. The van der Waals surface area contributed by atoms with E-state index in [9.17, 15) is 0 Å². The van der Waals surface area contributed by atoms with Gasteiger partial charge >= 0.3 is 0 Å². The predicted molar refractivity (Wildman–Crippen MR) is 74.6 cm³/mol. The first-order valence-electron chi connectivity index (χ1n) is 6.80. The molecule has 1 aromatic heterocycles. The van der Waals surface area contributed by atoms with Crippen molar-refractivity contribution in [3.8, 4) is 0 Å². The highest BCUT2D eigenvalue weighted by atomic mass is 16.5. The molecule has 0 bridgehead atoms. The maximum Gasteiger partial charge on any atom is 0.240 e. The molecule has 0 atom stereocenters. The summed E-state index contributed by atoms with van der Waals surface area (Å²) in [6, 6.07) is 8.58. The highest BCUT2D eigenvalue weighted by Gasteiger charge is 2.10. The third-order valence-electron chi connectivity index (χ3n) is 3.12. The van der Waals surface area contributed by atoms with E-state index in [1.807, 2.05) is 6.92 Å². The van der Waals surface area contributed by atoms with Crippen LogP contribution in [0.4, 0.5) is 0 Å². The first-order valence-corrected chi connectivity index (χ1v) is 6.80. The number of rotatable bonds is 6.